The molecule has 0 saturated heterocycles. The van der Waals surface area contributed by atoms with Crippen molar-refractivity contribution < 1.29 is 14.9 Å². The van der Waals surface area contributed by atoms with E-state index in [1.807, 2.05) is 0 Å². The van der Waals surface area contributed by atoms with Crippen molar-refractivity contribution >= 4 is 11.9 Å². The molecule has 6 N–H and O–H groups in total. The summed E-state index contributed by atoms with van der Waals surface area (Å²) in [5.74, 6) is -0.337. The number of phenols is 1. The summed E-state index contributed by atoms with van der Waals surface area (Å²) in [4.78, 5) is 23.8. The maximum atomic E-state index is 12.2. The number of aromatic hydroxyl groups is 1. The highest BCUT2D eigenvalue weighted by atomic mass is 16.7. The van der Waals surface area contributed by atoms with E-state index >= 15 is 0 Å². The van der Waals surface area contributed by atoms with Crippen LogP contribution in [0.5, 0.6) is 5.75 Å². The lowest BCUT2D eigenvalue weighted by Gasteiger charge is -2.21. The Labute approximate surface area is 139 Å². The topological polar surface area (TPSA) is 160 Å². The van der Waals surface area contributed by atoms with Gasteiger partial charge in [0.05, 0.1) is 6.04 Å². The molecule has 1 aromatic rings. The fourth-order valence-corrected chi connectivity index (χ4v) is 2.02. The van der Waals surface area contributed by atoms with Crippen LogP contribution in [0, 0.1) is 10.1 Å². The zero-order chi connectivity index (χ0) is 18.1. The first kappa shape index (κ1) is 19.2. The summed E-state index contributed by atoms with van der Waals surface area (Å²) < 4.78 is 0. The Bertz CT molecular complexity index is 589. The molecule has 1 rings (SSSR count). The van der Waals surface area contributed by atoms with Crippen molar-refractivity contribution in [2.45, 2.75) is 25.4 Å². The number of nitrogens with two attached hydrogens (primary N) is 2. The largest absolute Gasteiger partial charge is 0.508 e. The van der Waals surface area contributed by atoms with Crippen LogP contribution < -0.4 is 16.8 Å². The third kappa shape index (κ3) is 6.92. The third-order valence-corrected chi connectivity index (χ3v) is 3.24. The second-order valence-corrected chi connectivity index (χ2v) is 5.26. The molecular weight excluding hydrogens is 316 g/mol. The number of amides is 1. The highest BCUT2D eigenvalue weighted by molar-refractivity contribution is 5.81. The van der Waals surface area contributed by atoms with Gasteiger partial charge < -0.3 is 26.8 Å². The number of hydrazone groups is 1. The molecule has 0 bridgehead atoms. The SMILES string of the molecule is CN(Cc1ccc(O)cc1)C(=O)[C@H](N)CCCN/C(N)=N\[N+](=O)[O-]. The van der Waals surface area contributed by atoms with Crippen molar-refractivity contribution in [1.82, 2.24) is 10.2 Å². The van der Waals surface area contributed by atoms with Gasteiger partial charge in [0, 0.05) is 20.1 Å². The summed E-state index contributed by atoms with van der Waals surface area (Å²) in [5.41, 5.74) is 12.0. The first-order chi connectivity index (χ1) is 11.3. The van der Waals surface area contributed by atoms with Crippen LogP contribution in [0.25, 0.3) is 0 Å². The average molecular weight is 338 g/mol. The molecule has 0 unspecified atom stereocenters. The lowest BCUT2D eigenvalue weighted by molar-refractivity contribution is -0.485. The van der Waals surface area contributed by atoms with Gasteiger partial charge in [0.2, 0.25) is 5.91 Å². The van der Waals surface area contributed by atoms with E-state index in [4.69, 9.17) is 11.5 Å². The van der Waals surface area contributed by atoms with Crippen LogP contribution in [0.15, 0.2) is 29.4 Å². The second-order valence-electron chi connectivity index (χ2n) is 5.26. The molecule has 0 aliphatic rings. The molecule has 0 aromatic heterocycles. The molecule has 10 heteroatoms. The summed E-state index contributed by atoms with van der Waals surface area (Å²) in [6.45, 7) is 0.708. The smallest absolute Gasteiger partial charge is 0.266 e. The maximum Gasteiger partial charge on any atom is 0.266 e. The molecule has 0 fully saturated rings. The van der Waals surface area contributed by atoms with Gasteiger partial charge in [0.25, 0.3) is 5.96 Å². The monoisotopic (exact) mass is 338 g/mol. The number of carbonyl (C=O) groups is 1. The number of nitrogens with zero attached hydrogens (tertiary/aromatic N) is 3. The molecule has 0 radical (unpaired) electrons. The lowest BCUT2D eigenvalue weighted by Crippen LogP contribution is -2.42. The molecule has 24 heavy (non-hydrogen) atoms. The van der Waals surface area contributed by atoms with Crippen LogP contribution >= 0.6 is 0 Å². The molecule has 1 amide bonds. The summed E-state index contributed by atoms with van der Waals surface area (Å²) >= 11 is 0. The van der Waals surface area contributed by atoms with Crippen LogP contribution in [0.3, 0.4) is 0 Å². The molecule has 0 aliphatic carbocycles. The summed E-state index contributed by atoms with van der Waals surface area (Å²) in [7, 11) is 1.65. The van der Waals surface area contributed by atoms with Crippen molar-refractivity contribution in [3.63, 3.8) is 0 Å². The molecule has 10 nitrogen and oxygen atoms in total. The van der Waals surface area contributed by atoms with Gasteiger partial charge in [-0.05, 0) is 30.5 Å². The minimum Gasteiger partial charge on any atom is -0.508 e. The quantitative estimate of drug-likeness (QED) is 0.164. The van der Waals surface area contributed by atoms with Gasteiger partial charge >= 0.3 is 0 Å². The van der Waals surface area contributed by atoms with Crippen molar-refractivity contribution in [1.29, 1.82) is 0 Å². The molecule has 132 valence electrons. The van der Waals surface area contributed by atoms with Gasteiger partial charge in [-0.2, -0.15) is 0 Å². The van der Waals surface area contributed by atoms with E-state index in [9.17, 15) is 20.0 Å². The first-order valence-corrected chi connectivity index (χ1v) is 7.30. The van der Waals surface area contributed by atoms with E-state index in [0.29, 0.717) is 25.9 Å². The second kappa shape index (κ2) is 9.30. The van der Waals surface area contributed by atoms with Crippen LogP contribution in [-0.2, 0) is 11.3 Å². The minimum atomic E-state index is -0.893. The fraction of sp³-hybridized carbons (Fsp3) is 0.429. The first-order valence-electron chi connectivity index (χ1n) is 7.30. The Morgan fingerprint density at radius 1 is 1.46 bits per heavy atom. The Kier molecular flexibility index (Phi) is 7.43. The van der Waals surface area contributed by atoms with E-state index in [-0.39, 0.29) is 17.6 Å². The number of benzene rings is 1. The van der Waals surface area contributed by atoms with E-state index in [1.54, 1.807) is 31.3 Å². The van der Waals surface area contributed by atoms with Crippen molar-refractivity contribution in [2.24, 2.45) is 16.6 Å². The molecule has 0 saturated carbocycles. The van der Waals surface area contributed by atoms with Gasteiger partial charge in [-0.3, -0.25) is 4.79 Å². The standard InChI is InChI=1S/C14H22N6O4/c1-19(9-10-4-6-11(21)7-5-10)13(22)12(15)3-2-8-17-14(16)18-20(23)24/h4-7,12,21H,2-3,8-9,15H2,1H3,(H3,16,17,18)/t12-/m1/s1. The number of rotatable bonds is 8. The summed E-state index contributed by atoms with van der Waals surface area (Å²) in [5, 5.41) is 23.9. The average Bonchev–Trinajstić information content (AvgIpc) is 2.52. The highest BCUT2D eigenvalue weighted by Gasteiger charge is 2.17. The van der Waals surface area contributed by atoms with Crippen LogP contribution in [0.1, 0.15) is 18.4 Å². The zero-order valence-corrected chi connectivity index (χ0v) is 13.4. The Hall–Kier alpha value is -2.88. The third-order valence-electron chi connectivity index (χ3n) is 3.24. The molecular formula is C14H22N6O4. The summed E-state index contributed by atoms with van der Waals surface area (Å²) in [6, 6.07) is 5.88. The van der Waals surface area contributed by atoms with Gasteiger partial charge in [0.1, 0.15) is 10.9 Å². The van der Waals surface area contributed by atoms with Gasteiger partial charge in [-0.1, -0.05) is 12.1 Å². The van der Waals surface area contributed by atoms with Gasteiger partial charge in [-0.25, -0.2) is 10.1 Å². The number of nitro groups is 1. The molecule has 1 aromatic carbocycles. The van der Waals surface area contributed by atoms with Crippen molar-refractivity contribution in [3.8, 4) is 5.75 Å². The fourth-order valence-electron chi connectivity index (χ4n) is 2.02. The van der Waals surface area contributed by atoms with E-state index < -0.39 is 11.1 Å². The molecule has 0 heterocycles. The van der Waals surface area contributed by atoms with E-state index in [0.717, 1.165) is 5.56 Å². The van der Waals surface area contributed by atoms with Crippen molar-refractivity contribution in [3.05, 3.63) is 39.9 Å². The van der Waals surface area contributed by atoms with E-state index in [2.05, 4.69) is 10.4 Å². The number of phenolic OH excluding ortho intramolecular Hbond substituents is 1. The summed E-state index contributed by atoms with van der Waals surface area (Å²) in [6.07, 6.45) is 0.908. The number of guanidine groups is 1. The number of carbonyl (C=O) groups excluding carboxylic acids is 1. The molecule has 0 aliphatic heterocycles. The van der Waals surface area contributed by atoms with Crippen LogP contribution in [0.4, 0.5) is 0 Å². The predicted molar refractivity (Wildman–Crippen MR) is 88.4 cm³/mol. The Morgan fingerprint density at radius 2 is 2.08 bits per heavy atom. The zero-order valence-electron chi connectivity index (χ0n) is 13.4. The maximum absolute atomic E-state index is 12.2. The number of hydrogen-bond donors (Lipinski definition) is 4. The van der Waals surface area contributed by atoms with Crippen LogP contribution in [-0.4, -0.2) is 46.5 Å². The van der Waals surface area contributed by atoms with Crippen LogP contribution in [0.2, 0.25) is 0 Å². The van der Waals surface area contributed by atoms with Crippen molar-refractivity contribution in [2.75, 3.05) is 13.6 Å². The van der Waals surface area contributed by atoms with E-state index in [1.165, 1.54) is 4.90 Å². The Balaban J connectivity index is 2.35. The number of likely N-dealkylation sites (N-methyl/N-ethyl adjacent to an activating group) is 1. The normalized spacial score (nSPS) is 12.5. The van der Waals surface area contributed by atoms with Gasteiger partial charge in [0.15, 0.2) is 5.03 Å². The lowest BCUT2D eigenvalue weighted by atomic mass is 10.1. The Morgan fingerprint density at radius 3 is 2.67 bits per heavy atom. The minimum absolute atomic E-state index is 0.164. The number of hydrogen-bond acceptors (Lipinski definition) is 5. The predicted octanol–water partition coefficient (Wildman–Crippen LogP) is -0.446. The highest BCUT2D eigenvalue weighted by Crippen LogP contribution is 2.11. The number of nitrogens with one attached hydrogen (secondary N) is 1. The molecule has 0 spiro atoms. The van der Waals surface area contributed by atoms with Gasteiger partial charge in [-0.15, -0.1) is 0 Å². The molecule has 1 atom stereocenters.